The number of morpholine rings is 1. The van der Waals surface area contributed by atoms with Crippen molar-refractivity contribution in [2.75, 3.05) is 25.1 Å². The lowest BCUT2D eigenvalue weighted by atomic mass is 10.0. The average Bonchev–Trinajstić information content (AvgIpc) is 2.37. The van der Waals surface area contributed by atoms with Crippen LogP contribution in [0.15, 0.2) is 18.3 Å². The van der Waals surface area contributed by atoms with E-state index in [0.29, 0.717) is 12.4 Å². The van der Waals surface area contributed by atoms with Gasteiger partial charge in [0.05, 0.1) is 18.3 Å². The Bertz CT molecular complexity index is 425. The molecule has 1 atom stereocenters. The summed E-state index contributed by atoms with van der Waals surface area (Å²) in [5.74, 6) is 6.15. The molecule has 1 unspecified atom stereocenters. The van der Waals surface area contributed by atoms with E-state index >= 15 is 0 Å². The van der Waals surface area contributed by atoms with Gasteiger partial charge < -0.3 is 15.3 Å². The van der Waals surface area contributed by atoms with Crippen LogP contribution in [-0.2, 0) is 11.3 Å². The van der Waals surface area contributed by atoms with Crippen molar-refractivity contribution in [1.82, 2.24) is 9.88 Å². The van der Waals surface area contributed by atoms with Gasteiger partial charge in [-0.05, 0) is 19.9 Å². The minimum absolute atomic E-state index is 0.0367. The fourth-order valence-electron chi connectivity index (χ4n) is 2.57. The summed E-state index contributed by atoms with van der Waals surface area (Å²) < 4.78 is 5.80. The molecule has 2 heterocycles. The number of rotatable bonds is 4. The highest BCUT2D eigenvalue weighted by atomic mass is 16.5. The second-order valence-electron chi connectivity index (χ2n) is 5.51. The molecule has 1 saturated heterocycles. The van der Waals surface area contributed by atoms with Gasteiger partial charge in [-0.1, -0.05) is 6.07 Å². The number of nitrogens with two attached hydrogens (primary N) is 1. The van der Waals surface area contributed by atoms with Crippen LogP contribution in [-0.4, -0.2) is 46.4 Å². The molecule has 0 bridgehead atoms. The SMILES string of the molecule is CC1(C)CN(Cc2cccnc2NN)CC(CO)O1. The van der Waals surface area contributed by atoms with Crippen molar-refractivity contribution in [3.63, 3.8) is 0 Å². The zero-order valence-corrected chi connectivity index (χ0v) is 11.5. The Kier molecular flexibility index (Phi) is 4.36. The third kappa shape index (κ3) is 3.63. The smallest absolute Gasteiger partial charge is 0.144 e. The molecule has 106 valence electrons. The van der Waals surface area contributed by atoms with Crippen LogP contribution in [0.3, 0.4) is 0 Å². The molecule has 19 heavy (non-hydrogen) atoms. The highest BCUT2D eigenvalue weighted by Gasteiger charge is 2.33. The summed E-state index contributed by atoms with van der Waals surface area (Å²) in [4.78, 5) is 6.45. The molecule has 0 saturated carbocycles. The molecule has 6 heteroatoms. The summed E-state index contributed by atoms with van der Waals surface area (Å²) in [6, 6.07) is 3.89. The van der Waals surface area contributed by atoms with E-state index in [1.165, 1.54) is 0 Å². The lowest BCUT2D eigenvalue weighted by Gasteiger charge is -2.42. The maximum atomic E-state index is 9.31. The molecule has 1 aliphatic heterocycles. The Morgan fingerprint density at radius 2 is 2.42 bits per heavy atom. The van der Waals surface area contributed by atoms with Crippen LogP contribution >= 0.6 is 0 Å². The van der Waals surface area contributed by atoms with Crippen LogP contribution in [0.5, 0.6) is 0 Å². The number of nitrogens with zero attached hydrogens (tertiary/aromatic N) is 2. The van der Waals surface area contributed by atoms with E-state index in [2.05, 4.69) is 15.3 Å². The number of pyridine rings is 1. The maximum Gasteiger partial charge on any atom is 0.144 e. The van der Waals surface area contributed by atoms with Crippen molar-refractivity contribution in [3.8, 4) is 0 Å². The first-order valence-electron chi connectivity index (χ1n) is 6.45. The molecule has 1 aliphatic rings. The van der Waals surface area contributed by atoms with E-state index in [9.17, 15) is 5.11 Å². The second-order valence-corrected chi connectivity index (χ2v) is 5.51. The molecule has 0 amide bonds. The van der Waals surface area contributed by atoms with Gasteiger partial charge in [0.25, 0.3) is 0 Å². The minimum Gasteiger partial charge on any atom is -0.394 e. The van der Waals surface area contributed by atoms with Gasteiger partial charge in [-0.2, -0.15) is 0 Å². The Balaban J connectivity index is 2.09. The first-order valence-corrected chi connectivity index (χ1v) is 6.45. The van der Waals surface area contributed by atoms with E-state index in [0.717, 1.165) is 18.7 Å². The fourth-order valence-corrected chi connectivity index (χ4v) is 2.57. The maximum absolute atomic E-state index is 9.31. The van der Waals surface area contributed by atoms with Crippen LogP contribution < -0.4 is 11.3 Å². The van der Waals surface area contributed by atoms with Gasteiger partial charge in [-0.15, -0.1) is 0 Å². The van der Waals surface area contributed by atoms with Crippen molar-refractivity contribution in [1.29, 1.82) is 0 Å². The predicted octanol–water partition coefficient (Wildman–Crippen LogP) is 0.339. The quantitative estimate of drug-likeness (QED) is 0.538. The summed E-state index contributed by atoms with van der Waals surface area (Å²) in [5.41, 5.74) is 3.39. The van der Waals surface area contributed by atoms with Gasteiger partial charge in [0.15, 0.2) is 0 Å². The zero-order chi connectivity index (χ0) is 13.9. The number of ether oxygens (including phenoxy) is 1. The van der Waals surface area contributed by atoms with E-state index in [1.54, 1.807) is 6.20 Å². The predicted molar refractivity (Wildman–Crippen MR) is 73.4 cm³/mol. The standard InChI is InChI=1S/C13H22N4O2/c1-13(2)9-17(7-11(8-18)19-13)6-10-4-3-5-15-12(10)16-14/h3-5,11,18H,6-9,14H2,1-2H3,(H,15,16). The molecule has 2 rings (SSSR count). The number of hydrogen-bond acceptors (Lipinski definition) is 6. The summed E-state index contributed by atoms with van der Waals surface area (Å²) in [6.07, 6.45) is 1.56. The van der Waals surface area contributed by atoms with Crippen molar-refractivity contribution < 1.29 is 9.84 Å². The lowest BCUT2D eigenvalue weighted by molar-refractivity contribution is -0.150. The number of hydrazine groups is 1. The van der Waals surface area contributed by atoms with Crippen molar-refractivity contribution in [3.05, 3.63) is 23.9 Å². The summed E-state index contributed by atoms with van der Waals surface area (Å²) in [5, 5.41) is 9.31. The Morgan fingerprint density at radius 3 is 3.11 bits per heavy atom. The van der Waals surface area contributed by atoms with Crippen LogP contribution in [0.1, 0.15) is 19.4 Å². The number of aliphatic hydroxyl groups is 1. The van der Waals surface area contributed by atoms with Crippen LogP contribution in [0.2, 0.25) is 0 Å². The van der Waals surface area contributed by atoms with Gasteiger partial charge in [0.1, 0.15) is 5.82 Å². The van der Waals surface area contributed by atoms with Crippen LogP contribution in [0.4, 0.5) is 5.82 Å². The number of nitrogens with one attached hydrogen (secondary N) is 1. The third-order valence-electron chi connectivity index (χ3n) is 3.18. The highest BCUT2D eigenvalue weighted by Crippen LogP contribution is 2.23. The average molecular weight is 266 g/mol. The Labute approximate surface area is 113 Å². The molecule has 0 aromatic carbocycles. The lowest BCUT2D eigenvalue weighted by Crippen LogP contribution is -2.53. The topological polar surface area (TPSA) is 83.6 Å². The van der Waals surface area contributed by atoms with Gasteiger partial charge >= 0.3 is 0 Å². The molecule has 6 nitrogen and oxygen atoms in total. The molecule has 0 radical (unpaired) electrons. The van der Waals surface area contributed by atoms with E-state index in [4.69, 9.17) is 10.6 Å². The zero-order valence-electron chi connectivity index (χ0n) is 11.5. The first kappa shape index (κ1) is 14.2. The largest absolute Gasteiger partial charge is 0.394 e. The minimum atomic E-state index is -0.260. The Hall–Kier alpha value is -1.21. The number of aromatic nitrogens is 1. The van der Waals surface area contributed by atoms with Crippen molar-refractivity contribution in [2.24, 2.45) is 5.84 Å². The van der Waals surface area contributed by atoms with Crippen LogP contribution in [0.25, 0.3) is 0 Å². The van der Waals surface area contributed by atoms with Crippen molar-refractivity contribution >= 4 is 5.82 Å². The first-order chi connectivity index (χ1) is 9.04. The summed E-state index contributed by atoms with van der Waals surface area (Å²) in [7, 11) is 0. The van der Waals surface area contributed by atoms with E-state index in [-0.39, 0.29) is 18.3 Å². The monoisotopic (exact) mass is 266 g/mol. The van der Waals surface area contributed by atoms with Crippen LogP contribution in [0, 0.1) is 0 Å². The van der Waals surface area contributed by atoms with Crippen molar-refractivity contribution in [2.45, 2.75) is 32.1 Å². The summed E-state index contributed by atoms with van der Waals surface area (Å²) in [6.45, 7) is 6.35. The van der Waals surface area contributed by atoms with Gasteiger partial charge in [-0.3, -0.25) is 4.90 Å². The van der Waals surface area contributed by atoms with E-state index < -0.39 is 0 Å². The number of hydrogen-bond donors (Lipinski definition) is 3. The number of anilines is 1. The number of aliphatic hydroxyl groups excluding tert-OH is 1. The molecule has 1 fully saturated rings. The Morgan fingerprint density at radius 1 is 1.63 bits per heavy atom. The molecule has 4 N–H and O–H groups in total. The second kappa shape index (κ2) is 5.83. The molecular formula is C13H22N4O2. The molecule has 0 aliphatic carbocycles. The van der Waals surface area contributed by atoms with Gasteiger partial charge in [0.2, 0.25) is 0 Å². The molecular weight excluding hydrogens is 244 g/mol. The normalized spacial score (nSPS) is 23.3. The highest BCUT2D eigenvalue weighted by molar-refractivity contribution is 5.42. The number of nitrogen functional groups attached to an aromatic ring is 1. The molecule has 1 aromatic heterocycles. The van der Waals surface area contributed by atoms with Gasteiger partial charge in [-0.25, -0.2) is 10.8 Å². The molecule has 1 aromatic rings. The molecule has 0 spiro atoms. The van der Waals surface area contributed by atoms with Gasteiger partial charge in [0, 0.05) is 31.4 Å². The third-order valence-corrected chi connectivity index (χ3v) is 3.18. The van der Waals surface area contributed by atoms with E-state index in [1.807, 2.05) is 26.0 Å². The fraction of sp³-hybridized carbons (Fsp3) is 0.615. The summed E-state index contributed by atoms with van der Waals surface area (Å²) >= 11 is 0.